The van der Waals surface area contributed by atoms with Crippen LogP contribution in [0.15, 0.2) is 34.1 Å². The summed E-state index contributed by atoms with van der Waals surface area (Å²) in [5, 5.41) is 6.63. The summed E-state index contributed by atoms with van der Waals surface area (Å²) >= 11 is 13.3. The first kappa shape index (κ1) is 38.9. The number of rotatable bonds is 7. The molecule has 11 nitrogen and oxygen atoms in total. The van der Waals surface area contributed by atoms with Crippen molar-refractivity contribution in [1.29, 1.82) is 0 Å². The van der Waals surface area contributed by atoms with E-state index in [-0.39, 0.29) is 91.4 Å². The first-order valence-electron chi connectivity index (χ1n) is 18.9. The molecule has 3 saturated carbocycles. The summed E-state index contributed by atoms with van der Waals surface area (Å²) in [4.78, 5) is 62.6. The first-order chi connectivity index (χ1) is 26.2. The standard InChI is InChI=1S/C21H25ClFN3O2.C19H19ClFN3O3/c1-11(27)16-10-26(14-6-7-14)20-15(21(16)28)9-17(23)19(18(20)22)25-13-5-3-2-4-12(24)8-13;1-10(25)13-9-24(11-2-3-11)17-12(19(13)27)8-14(21)18(16(17)20)23-6-4-15(26)22-5-7-23/h9-10,12-14,25H,2-8,24H2,1H3;8-9,11H,2-7H2,1H3,(H,22,26)/t12-,13?;/m1./s1. The summed E-state index contributed by atoms with van der Waals surface area (Å²) < 4.78 is 33.7. The van der Waals surface area contributed by atoms with E-state index in [1.165, 1.54) is 26.0 Å². The molecular formula is C40H44Cl2F2N6O5. The maximum Gasteiger partial charge on any atom is 0.221 e. The highest BCUT2D eigenvalue weighted by Gasteiger charge is 2.32. The number of benzene rings is 2. The molecule has 55 heavy (non-hydrogen) atoms. The maximum atomic E-state index is 15.0. The monoisotopic (exact) mass is 796 g/mol. The second-order valence-corrected chi connectivity index (χ2v) is 16.0. The molecule has 15 heteroatoms. The van der Waals surface area contributed by atoms with Crippen molar-refractivity contribution in [3.63, 3.8) is 0 Å². The van der Waals surface area contributed by atoms with Gasteiger partial charge in [-0.3, -0.25) is 24.0 Å². The molecule has 4 fully saturated rings. The van der Waals surface area contributed by atoms with E-state index < -0.39 is 22.5 Å². The van der Waals surface area contributed by atoms with E-state index in [9.17, 15) is 32.8 Å². The SMILES string of the molecule is CC(=O)c1cn(C2CC2)c2c(Cl)c(N3CCNC(=O)CC3)c(F)cc2c1=O.CC(=O)c1cn(C2CC2)c2c(Cl)c(NC3CCCC[C@@H](N)C3)c(F)cc2c1=O. The van der Waals surface area contributed by atoms with Crippen LogP contribution in [0.4, 0.5) is 20.2 Å². The number of nitrogens with two attached hydrogens (primary N) is 1. The van der Waals surface area contributed by atoms with Crippen molar-refractivity contribution < 1.29 is 23.2 Å². The zero-order chi connectivity index (χ0) is 39.3. The second kappa shape index (κ2) is 15.7. The molecule has 2 aromatic carbocycles. The summed E-state index contributed by atoms with van der Waals surface area (Å²) in [6.45, 7) is 3.84. The van der Waals surface area contributed by atoms with Crippen molar-refractivity contribution in [2.24, 2.45) is 5.73 Å². The fourth-order valence-corrected chi connectivity index (χ4v) is 8.56. The van der Waals surface area contributed by atoms with Crippen LogP contribution in [-0.4, -0.2) is 58.3 Å². The van der Waals surface area contributed by atoms with Gasteiger partial charge in [-0.05, 0) is 70.9 Å². The number of nitrogens with zero attached hydrogens (tertiary/aromatic N) is 3. The minimum atomic E-state index is -0.623. The molecule has 1 saturated heterocycles. The van der Waals surface area contributed by atoms with E-state index >= 15 is 0 Å². The molecule has 4 aliphatic rings. The van der Waals surface area contributed by atoms with Crippen LogP contribution in [-0.2, 0) is 4.79 Å². The lowest BCUT2D eigenvalue weighted by Crippen LogP contribution is -2.29. The van der Waals surface area contributed by atoms with Crippen molar-refractivity contribution in [3.05, 3.63) is 77.8 Å². The number of anilines is 2. The van der Waals surface area contributed by atoms with Gasteiger partial charge in [0.2, 0.25) is 5.91 Å². The number of fused-ring (bicyclic) bond motifs is 2. The smallest absolute Gasteiger partial charge is 0.221 e. The molecule has 4 aromatic rings. The van der Waals surface area contributed by atoms with Gasteiger partial charge in [0.05, 0.1) is 54.4 Å². The summed E-state index contributed by atoms with van der Waals surface area (Å²) in [7, 11) is 0. The number of Topliss-reactive ketones (excluding diaryl/α,β-unsaturated/α-hetero) is 2. The lowest BCUT2D eigenvalue weighted by molar-refractivity contribution is -0.120. The Kier molecular flexibility index (Phi) is 11.1. The molecule has 4 N–H and O–H groups in total. The third-order valence-electron chi connectivity index (χ3n) is 11.0. The predicted molar refractivity (Wildman–Crippen MR) is 211 cm³/mol. The van der Waals surface area contributed by atoms with Crippen molar-refractivity contribution in [2.45, 2.75) is 102 Å². The topological polar surface area (TPSA) is 149 Å². The fraction of sp³-hybridized carbons (Fsp3) is 0.475. The van der Waals surface area contributed by atoms with Crippen molar-refractivity contribution in [2.75, 3.05) is 29.9 Å². The molecule has 8 rings (SSSR count). The number of amides is 1. The first-order valence-corrected chi connectivity index (χ1v) is 19.7. The number of carbonyl (C=O) groups excluding carboxylic acids is 3. The van der Waals surface area contributed by atoms with Crippen LogP contribution in [0.3, 0.4) is 0 Å². The largest absolute Gasteiger partial charge is 0.379 e. The van der Waals surface area contributed by atoms with E-state index in [1.54, 1.807) is 17.3 Å². The Labute approximate surface area is 326 Å². The van der Waals surface area contributed by atoms with Crippen LogP contribution in [0.2, 0.25) is 10.0 Å². The molecule has 2 aromatic heterocycles. The molecule has 1 aliphatic heterocycles. The molecular weight excluding hydrogens is 753 g/mol. The van der Waals surface area contributed by atoms with Gasteiger partial charge in [-0.25, -0.2) is 8.78 Å². The van der Waals surface area contributed by atoms with Gasteiger partial charge >= 0.3 is 0 Å². The Morgan fingerprint density at radius 3 is 1.91 bits per heavy atom. The molecule has 0 bridgehead atoms. The number of carbonyl (C=O) groups is 3. The Bertz CT molecular complexity index is 2360. The third kappa shape index (κ3) is 7.88. The average Bonchev–Trinajstić information content (AvgIpc) is 4.02. The van der Waals surface area contributed by atoms with E-state index in [0.29, 0.717) is 30.7 Å². The van der Waals surface area contributed by atoms with Gasteiger partial charge in [-0.2, -0.15) is 0 Å². The van der Waals surface area contributed by atoms with Crippen LogP contribution in [0.5, 0.6) is 0 Å². The highest BCUT2D eigenvalue weighted by Crippen LogP contribution is 2.43. The van der Waals surface area contributed by atoms with E-state index in [1.807, 2.05) is 9.13 Å². The number of hydrogen-bond acceptors (Lipinski definition) is 8. The van der Waals surface area contributed by atoms with Gasteiger partial charge < -0.3 is 30.4 Å². The Morgan fingerprint density at radius 2 is 1.35 bits per heavy atom. The molecule has 1 amide bonds. The zero-order valence-corrected chi connectivity index (χ0v) is 32.3. The van der Waals surface area contributed by atoms with E-state index in [4.69, 9.17) is 28.9 Å². The molecule has 3 aliphatic carbocycles. The van der Waals surface area contributed by atoms with E-state index in [2.05, 4.69) is 10.6 Å². The quantitative estimate of drug-likeness (QED) is 0.133. The van der Waals surface area contributed by atoms with Crippen molar-refractivity contribution in [1.82, 2.24) is 14.5 Å². The van der Waals surface area contributed by atoms with Gasteiger partial charge in [0.25, 0.3) is 0 Å². The minimum Gasteiger partial charge on any atom is -0.379 e. The number of hydrogen-bond donors (Lipinski definition) is 3. The summed E-state index contributed by atoms with van der Waals surface area (Å²) in [5.41, 5.74) is 6.65. The molecule has 2 atom stereocenters. The minimum absolute atomic E-state index is 0.0412. The molecule has 292 valence electrons. The lowest BCUT2D eigenvalue weighted by Gasteiger charge is -2.25. The number of aromatic nitrogens is 2. The maximum absolute atomic E-state index is 15.0. The third-order valence-corrected chi connectivity index (χ3v) is 11.7. The van der Waals surface area contributed by atoms with Gasteiger partial charge in [0.1, 0.15) is 11.6 Å². The van der Waals surface area contributed by atoms with Crippen LogP contribution in [0.1, 0.15) is 111 Å². The van der Waals surface area contributed by atoms with Crippen LogP contribution >= 0.6 is 23.2 Å². The molecule has 0 radical (unpaired) electrons. The number of halogens is 4. The van der Waals surface area contributed by atoms with Crippen LogP contribution in [0.25, 0.3) is 21.8 Å². The highest BCUT2D eigenvalue weighted by atomic mass is 35.5. The normalized spacial score (nSPS) is 20.3. The molecule has 3 heterocycles. The highest BCUT2D eigenvalue weighted by molar-refractivity contribution is 6.38. The van der Waals surface area contributed by atoms with Gasteiger partial charge in [-0.1, -0.05) is 36.0 Å². The second-order valence-electron chi connectivity index (χ2n) is 15.2. The fourth-order valence-electron chi connectivity index (χ4n) is 7.80. The summed E-state index contributed by atoms with van der Waals surface area (Å²) in [6.07, 6.45) is 11.8. The van der Waals surface area contributed by atoms with Crippen LogP contribution < -0.4 is 32.1 Å². The Hall–Kier alpha value is -4.33. The predicted octanol–water partition coefficient (Wildman–Crippen LogP) is 7.06. The number of ketones is 2. The van der Waals surface area contributed by atoms with Crippen molar-refractivity contribution in [3.8, 4) is 0 Å². The number of nitrogens with one attached hydrogen (secondary N) is 2. The van der Waals surface area contributed by atoms with E-state index in [0.717, 1.165) is 57.8 Å². The Morgan fingerprint density at radius 1 is 0.800 bits per heavy atom. The molecule has 1 unspecified atom stereocenters. The van der Waals surface area contributed by atoms with Gasteiger partial charge in [0, 0.05) is 62.6 Å². The van der Waals surface area contributed by atoms with Gasteiger partial charge in [-0.15, -0.1) is 0 Å². The van der Waals surface area contributed by atoms with Crippen molar-refractivity contribution >= 4 is 73.9 Å². The lowest BCUT2D eigenvalue weighted by atomic mass is 10.0. The Balaban J connectivity index is 0.000000169. The summed E-state index contributed by atoms with van der Waals surface area (Å²) in [5.74, 6) is -1.96. The zero-order valence-electron chi connectivity index (χ0n) is 30.8. The summed E-state index contributed by atoms with van der Waals surface area (Å²) in [6, 6.07) is 2.85. The number of pyridine rings is 2. The van der Waals surface area contributed by atoms with Crippen LogP contribution in [0, 0.1) is 11.6 Å². The van der Waals surface area contributed by atoms with Gasteiger partial charge in [0.15, 0.2) is 22.4 Å². The average molecular weight is 798 g/mol. The molecule has 0 spiro atoms.